The highest BCUT2D eigenvalue weighted by atomic mass is 19.3. The summed E-state index contributed by atoms with van der Waals surface area (Å²) in [4.78, 5) is 31.6. The molecule has 0 atom stereocenters. The summed E-state index contributed by atoms with van der Waals surface area (Å²) in [6.07, 6.45) is 4.20. The first-order chi connectivity index (χ1) is 15.8. The molecule has 0 spiro atoms. The molecule has 1 amide bonds. The third-order valence-corrected chi connectivity index (χ3v) is 6.28. The van der Waals surface area contributed by atoms with Crippen molar-refractivity contribution in [1.29, 1.82) is 0 Å². The number of alkyl halides is 2. The molecule has 5 rings (SSSR count). The van der Waals surface area contributed by atoms with Crippen LogP contribution >= 0.6 is 0 Å². The van der Waals surface area contributed by atoms with Gasteiger partial charge in [0.2, 0.25) is 0 Å². The molecule has 0 radical (unpaired) electrons. The number of pyridine rings is 1. The van der Waals surface area contributed by atoms with Crippen LogP contribution in [0.25, 0.3) is 5.69 Å². The highest BCUT2D eigenvalue weighted by molar-refractivity contribution is 5.93. The molecule has 7 nitrogen and oxygen atoms in total. The van der Waals surface area contributed by atoms with Crippen molar-refractivity contribution < 1.29 is 18.3 Å². The number of fused-ring (bicyclic) bond motifs is 2. The summed E-state index contributed by atoms with van der Waals surface area (Å²) in [7, 11) is 0. The molecule has 0 fully saturated rings. The number of aromatic nitrogens is 3. The highest BCUT2D eigenvalue weighted by Crippen LogP contribution is 2.44. The van der Waals surface area contributed by atoms with Crippen LogP contribution in [-0.4, -0.2) is 44.6 Å². The van der Waals surface area contributed by atoms with Gasteiger partial charge in [-0.3, -0.25) is 9.59 Å². The van der Waals surface area contributed by atoms with E-state index in [1.54, 1.807) is 52.3 Å². The lowest BCUT2D eigenvalue weighted by Crippen LogP contribution is -2.46. The number of halogens is 2. The van der Waals surface area contributed by atoms with E-state index in [0.717, 1.165) is 5.69 Å². The van der Waals surface area contributed by atoms with E-state index in [-0.39, 0.29) is 42.4 Å². The maximum Gasteiger partial charge on any atom is 0.277 e. The number of carbonyl (C=O) groups is 1. The van der Waals surface area contributed by atoms with E-state index in [2.05, 4.69) is 4.98 Å². The number of hydrogen-bond acceptors (Lipinski definition) is 4. The van der Waals surface area contributed by atoms with Gasteiger partial charge in [0.05, 0.1) is 24.1 Å². The van der Waals surface area contributed by atoms with Crippen molar-refractivity contribution in [2.75, 3.05) is 19.7 Å². The van der Waals surface area contributed by atoms with Crippen LogP contribution in [0.5, 0.6) is 5.75 Å². The fourth-order valence-corrected chi connectivity index (χ4v) is 4.63. The third kappa shape index (κ3) is 3.81. The van der Waals surface area contributed by atoms with E-state index in [0.29, 0.717) is 42.9 Å². The zero-order chi connectivity index (χ0) is 23.2. The summed E-state index contributed by atoms with van der Waals surface area (Å²) in [5.74, 6) is -3.01. The van der Waals surface area contributed by atoms with Gasteiger partial charge in [0.15, 0.2) is 0 Å². The summed E-state index contributed by atoms with van der Waals surface area (Å²) < 4.78 is 37.8. The minimum atomic E-state index is -2.91. The Morgan fingerprint density at radius 2 is 2.00 bits per heavy atom. The van der Waals surface area contributed by atoms with Crippen LogP contribution in [0, 0.1) is 6.92 Å². The highest BCUT2D eigenvalue weighted by Gasteiger charge is 2.39. The molecular formula is C24H24F2N4O3. The summed E-state index contributed by atoms with van der Waals surface area (Å²) in [5.41, 5.74) is 1.86. The molecule has 0 saturated carbocycles. The second-order valence-electron chi connectivity index (χ2n) is 8.47. The molecule has 172 valence electrons. The topological polar surface area (TPSA) is 69.4 Å². The average Bonchev–Trinajstić information content (AvgIpc) is 3.21. The first-order valence-electron chi connectivity index (χ1n) is 11.0. The van der Waals surface area contributed by atoms with Crippen molar-refractivity contribution in [3.8, 4) is 11.4 Å². The van der Waals surface area contributed by atoms with Gasteiger partial charge in [-0.15, -0.1) is 0 Å². The standard InChI is InChI=1S/C24H24F2N4O3/c1-16-14-29(15-27-16)18-7-8-19-22(31)28(10-11-30(19)23(18)32)12-13-33-20-6-2-4-17-5-3-9-24(25,26)21(17)20/h2,4,6-8,14-15H,3,5,9-13H2,1H3. The van der Waals surface area contributed by atoms with Gasteiger partial charge in [0.25, 0.3) is 17.4 Å². The van der Waals surface area contributed by atoms with Gasteiger partial charge >= 0.3 is 0 Å². The number of imidazole rings is 1. The number of ether oxygens (including phenoxy) is 1. The Morgan fingerprint density at radius 1 is 1.15 bits per heavy atom. The third-order valence-electron chi connectivity index (χ3n) is 6.28. The summed E-state index contributed by atoms with van der Waals surface area (Å²) >= 11 is 0. The number of rotatable bonds is 5. The van der Waals surface area contributed by atoms with Crippen LogP contribution in [0.15, 0.2) is 47.7 Å². The number of amides is 1. The molecule has 0 N–H and O–H groups in total. The molecule has 9 heteroatoms. The molecule has 0 saturated heterocycles. The Kier molecular flexibility index (Phi) is 5.26. The van der Waals surface area contributed by atoms with Crippen molar-refractivity contribution >= 4 is 5.91 Å². The van der Waals surface area contributed by atoms with Gasteiger partial charge in [0.1, 0.15) is 23.7 Å². The zero-order valence-electron chi connectivity index (χ0n) is 18.3. The van der Waals surface area contributed by atoms with Gasteiger partial charge in [-0.05, 0) is 43.5 Å². The second kappa shape index (κ2) is 8.13. The predicted molar refractivity (Wildman–Crippen MR) is 117 cm³/mol. The zero-order valence-corrected chi connectivity index (χ0v) is 18.3. The van der Waals surface area contributed by atoms with Gasteiger partial charge in [-0.1, -0.05) is 12.1 Å². The number of carbonyl (C=O) groups excluding carboxylic acids is 1. The van der Waals surface area contributed by atoms with E-state index in [4.69, 9.17) is 4.74 Å². The molecular weight excluding hydrogens is 430 g/mol. The average molecular weight is 454 g/mol. The smallest absolute Gasteiger partial charge is 0.277 e. The lowest BCUT2D eigenvalue weighted by atomic mass is 9.88. The molecule has 2 aromatic heterocycles. The number of nitrogens with zero attached hydrogens (tertiary/aromatic N) is 4. The van der Waals surface area contributed by atoms with Crippen LogP contribution in [0.3, 0.4) is 0 Å². The number of benzene rings is 1. The molecule has 1 aliphatic carbocycles. The second-order valence-corrected chi connectivity index (χ2v) is 8.47. The fraction of sp³-hybridized carbons (Fsp3) is 0.375. The van der Waals surface area contributed by atoms with Gasteiger partial charge in [-0.2, -0.15) is 0 Å². The van der Waals surface area contributed by atoms with Crippen molar-refractivity contribution in [2.45, 2.75) is 38.7 Å². The summed E-state index contributed by atoms with van der Waals surface area (Å²) in [6, 6.07) is 8.26. The molecule has 0 unspecified atom stereocenters. The minimum absolute atomic E-state index is 0.0274. The fourth-order valence-electron chi connectivity index (χ4n) is 4.63. The van der Waals surface area contributed by atoms with Crippen LogP contribution in [0.4, 0.5) is 8.78 Å². The van der Waals surface area contributed by atoms with Crippen molar-refractivity contribution in [3.63, 3.8) is 0 Å². The Hall–Kier alpha value is -3.49. The normalized spacial score (nSPS) is 16.9. The van der Waals surface area contributed by atoms with Gasteiger partial charge < -0.3 is 18.8 Å². The summed E-state index contributed by atoms with van der Waals surface area (Å²) in [6.45, 7) is 2.85. The van der Waals surface area contributed by atoms with Crippen molar-refractivity contribution in [3.05, 3.63) is 75.7 Å². The molecule has 3 aromatic rings. The molecule has 2 aliphatic rings. The number of aryl methyl sites for hydroxylation is 2. The van der Waals surface area contributed by atoms with E-state index >= 15 is 0 Å². The van der Waals surface area contributed by atoms with E-state index in [1.165, 1.54) is 4.57 Å². The Labute approximate surface area is 189 Å². The van der Waals surface area contributed by atoms with E-state index in [1.807, 2.05) is 6.92 Å². The van der Waals surface area contributed by atoms with Gasteiger partial charge in [0, 0.05) is 25.7 Å². The van der Waals surface area contributed by atoms with Gasteiger partial charge in [-0.25, -0.2) is 13.8 Å². The van der Waals surface area contributed by atoms with E-state index < -0.39 is 5.92 Å². The molecule has 0 bridgehead atoms. The number of hydrogen-bond donors (Lipinski definition) is 0. The Bertz CT molecular complexity index is 1280. The molecule has 3 heterocycles. The maximum absolute atomic E-state index is 14.5. The largest absolute Gasteiger partial charge is 0.491 e. The maximum atomic E-state index is 14.5. The van der Waals surface area contributed by atoms with Crippen LogP contribution < -0.4 is 10.3 Å². The SMILES string of the molecule is Cc1cn(-c2ccc3n(c2=O)CCN(CCOc2cccc4c2C(F)(F)CCC4)C3=O)cn1. The van der Waals surface area contributed by atoms with Crippen LogP contribution in [0.2, 0.25) is 0 Å². The lowest BCUT2D eigenvalue weighted by molar-refractivity contribution is -0.0243. The first kappa shape index (κ1) is 21.4. The Morgan fingerprint density at radius 3 is 2.79 bits per heavy atom. The predicted octanol–water partition coefficient (Wildman–Crippen LogP) is 3.31. The minimum Gasteiger partial charge on any atom is -0.491 e. The molecule has 1 aromatic carbocycles. The van der Waals surface area contributed by atoms with Crippen molar-refractivity contribution in [2.24, 2.45) is 0 Å². The Balaban J connectivity index is 1.30. The summed E-state index contributed by atoms with van der Waals surface area (Å²) in [5, 5.41) is 0. The van der Waals surface area contributed by atoms with Crippen LogP contribution in [0.1, 0.15) is 40.2 Å². The molecule has 33 heavy (non-hydrogen) atoms. The lowest BCUT2D eigenvalue weighted by Gasteiger charge is -2.30. The van der Waals surface area contributed by atoms with E-state index in [9.17, 15) is 18.4 Å². The first-order valence-corrected chi connectivity index (χ1v) is 11.0. The van der Waals surface area contributed by atoms with Crippen LogP contribution in [-0.2, 0) is 18.9 Å². The molecule has 1 aliphatic heterocycles. The monoisotopic (exact) mass is 454 g/mol. The quantitative estimate of drug-likeness (QED) is 0.593. The van der Waals surface area contributed by atoms with Crippen molar-refractivity contribution in [1.82, 2.24) is 19.0 Å².